The van der Waals surface area contributed by atoms with Crippen molar-refractivity contribution in [2.45, 2.75) is 13.3 Å². The summed E-state index contributed by atoms with van der Waals surface area (Å²) in [7, 11) is 0. The minimum atomic E-state index is 0.713. The van der Waals surface area contributed by atoms with Gasteiger partial charge in [-0.25, -0.2) is 4.98 Å². The number of thiazole rings is 1. The summed E-state index contributed by atoms with van der Waals surface area (Å²) in [5.41, 5.74) is 8.51. The lowest BCUT2D eigenvalue weighted by Gasteiger charge is -2.03. The van der Waals surface area contributed by atoms with Crippen LogP contribution in [0.2, 0.25) is 0 Å². The number of anilines is 1. The van der Waals surface area contributed by atoms with Crippen molar-refractivity contribution in [2.75, 3.05) is 5.73 Å². The minimum Gasteiger partial charge on any atom is -0.397 e. The van der Waals surface area contributed by atoms with Crippen LogP contribution >= 0.6 is 11.3 Å². The summed E-state index contributed by atoms with van der Waals surface area (Å²) in [6.45, 7) is 2.02. The first kappa shape index (κ1) is 9.15. The van der Waals surface area contributed by atoms with Gasteiger partial charge in [0, 0.05) is 18.0 Å². The fourth-order valence-electron chi connectivity index (χ4n) is 1.29. The molecule has 0 amide bonds. The molecule has 0 aromatic carbocycles. The van der Waals surface area contributed by atoms with Crippen LogP contribution in [-0.2, 0) is 6.42 Å². The van der Waals surface area contributed by atoms with Gasteiger partial charge < -0.3 is 5.73 Å². The summed E-state index contributed by atoms with van der Waals surface area (Å²) in [6.07, 6.45) is 4.30. The minimum absolute atomic E-state index is 0.713. The molecule has 0 aliphatic heterocycles. The van der Waals surface area contributed by atoms with Gasteiger partial charge in [-0.05, 0) is 18.6 Å². The Balaban J connectivity index is 2.25. The first-order chi connectivity index (χ1) is 6.75. The van der Waals surface area contributed by atoms with E-state index in [-0.39, 0.29) is 0 Å². The molecule has 0 atom stereocenters. The summed E-state index contributed by atoms with van der Waals surface area (Å²) >= 11 is 1.65. The molecule has 0 aliphatic carbocycles. The second-order valence-electron chi connectivity index (χ2n) is 3.13. The highest BCUT2D eigenvalue weighted by Gasteiger charge is 2.03. The van der Waals surface area contributed by atoms with Gasteiger partial charge in [0.1, 0.15) is 0 Å². The molecule has 2 N–H and O–H groups in total. The molecule has 2 aromatic rings. The predicted octanol–water partition coefficient (Wildman–Crippen LogP) is 2.02. The Morgan fingerprint density at radius 3 is 2.93 bits per heavy atom. The molecule has 0 bridgehead atoms. The van der Waals surface area contributed by atoms with E-state index in [0.717, 1.165) is 22.7 Å². The standard InChI is InChI=1S/C10H11N3S/c1-7-4-8(11)6-13-9(7)5-10-12-2-3-14-10/h2-4,6H,5,11H2,1H3. The van der Waals surface area contributed by atoms with Crippen molar-refractivity contribution < 1.29 is 0 Å². The number of rotatable bonds is 2. The zero-order chi connectivity index (χ0) is 9.97. The van der Waals surface area contributed by atoms with Gasteiger partial charge >= 0.3 is 0 Å². The first-order valence-electron chi connectivity index (χ1n) is 4.35. The molecule has 0 aliphatic rings. The maximum atomic E-state index is 5.63. The van der Waals surface area contributed by atoms with Gasteiger partial charge in [0.15, 0.2) is 0 Å². The maximum absolute atomic E-state index is 5.63. The van der Waals surface area contributed by atoms with E-state index in [4.69, 9.17) is 5.73 Å². The normalized spacial score (nSPS) is 10.4. The van der Waals surface area contributed by atoms with Crippen LogP contribution in [0.5, 0.6) is 0 Å². The van der Waals surface area contributed by atoms with Gasteiger partial charge in [-0.15, -0.1) is 11.3 Å². The quantitative estimate of drug-likeness (QED) is 0.816. The molecule has 0 saturated heterocycles. The molecular weight excluding hydrogens is 194 g/mol. The largest absolute Gasteiger partial charge is 0.397 e. The van der Waals surface area contributed by atoms with E-state index in [9.17, 15) is 0 Å². The van der Waals surface area contributed by atoms with Crippen LogP contribution in [0.1, 0.15) is 16.3 Å². The summed E-state index contributed by atoms with van der Waals surface area (Å²) in [6, 6.07) is 1.94. The highest BCUT2D eigenvalue weighted by molar-refractivity contribution is 7.09. The number of hydrogen-bond donors (Lipinski definition) is 1. The average molecular weight is 205 g/mol. The van der Waals surface area contributed by atoms with Crippen LogP contribution in [0.4, 0.5) is 5.69 Å². The van der Waals surface area contributed by atoms with Gasteiger partial charge in [0.25, 0.3) is 0 Å². The van der Waals surface area contributed by atoms with Gasteiger partial charge in [-0.2, -0.15) is 0 Å². The van der Waals surface area contributed by atoms with E-state index in [2.05, 4.69) is 9.97 Å². The number of aromatic nitrogens is 2. The Bertz CT molecular complexity index is 423. The van der Waals surface area contributed by atoms with E-state index < -0.39 is 0 Å². The Hall–Kier alpha value is -1.42. The van der Waals surface area contributed by atoms with Crippen LogP contribution in [-0.4, -0.2) is 9.97 Å². The van der Waals surface area contributed by atoms with E-state index in [1.165, 1.54) is 0 Å². The number of nitrogens with two attached hydrogens (primary N) is 1. The third-order valence-electron chi connectivity index (χ3n) is 2.01. The van der Waals surface area contributed by atoms with Gasteiger partial charge in [-0.1, -0.05) is 0 Å². The number of pyridine rings is 1. The fraction of sp³-hybridized carbons (Fsp3) is 0.200. The molecule has 0 radical (unpaired) electrons. The summed E-state index contributed by atoms with van der Waals surface area (Å²) in [4.78, 5) is 8.52. The number of aryl methyl sites for hydroxylation is 1. The van der Waals surface area contributed by atoms with Crippen LogP contribution in [0.3, 0.4) is 0 Å². The van der Waals surface area contributed by atoms with E-state index in [0.29, 0.717) is 5.69 Å². The molecule has 0 spiro atoms. The molecule has 72 valence electrons. The number of nitrogens with zero attached hydrogens (tertiary/aromatic N) is 2. The molecular formula is C10H11N3S. The van der Waals surface area contributed by atoms with Crippen molar-refractivity contribution in [2.24, 2.45) is 0 Å². The second-order valence-corrected chi connectivity index (χ2v) is 4.11. The SMILES string of the molecule is Cc1cc(N)cnc1Cc1nccs1. The van der Waals surface area contributed by atoms with E-state index in [1.807, 2.05) is 24.6 Å². The lowest BCUT2D eigenvalue weighted by atomic mass is 10.1. The van der Waals surface area contributed by atoms with Crippen LogP contribution < -0.4 is 5.73 Å². The smallest absolute Gasteiger partial charge is 0.0984 e. The number of hydrogen-bond acceptors (Lipinski definition) is 4. The molecule has 4 heteroatoms. The topological polar surface area (TPSA) is 51.8 Å². The molecule has 0 fully saturated rings. The third kappa shape index (κ3) is 1.90. The monoisotopic (exact) mass is 205 g/mol. The zero-order valence-corrected chi connectivity index (χ0v) is 8.71. The van der Waals surface area contributed by atoms with Crippen molar-refractivity contribution in [1.29, 1.82) is 0 Å². The Morgan fingerprint density at radius 1 is 1.43 bits per heavy atom. The maximum Gasteiger partial charge on any atom is 0.0984 e. The third-order valence-corrected chi connectivity index (χ3v) is 2.79. The first-order valence-corrected chi connectivity index (χ1v) is 5.23. The summed E-state index contributed by atoms with van der Waals surface area (Å²) in [5.74, 6) is 0. The Labute approximate surface area is 86.6 Å². The second kappa shape index (κ2) is 3.75. The van der Waals surface area contributed by atoms with Crippen molar-refractivity contribution in [3.05, 3.63) is 40.1 Å². The fourth-order valence-corrected chi connectivity index (χ4v) is 1.91. The predicted molar refractivity (Wildman–Crippen MR) is 58.3 cm³/mol. The molecule has 0 saturated carbocycles. The van der Waals surface area contributed by atoms with Gasteiger partial charge in [-0.3, -0.25) is 4.98 Å². The zero-order valence-electron chi connectivity index (χ0n) is 7.90. The van der Waals surface area contributed by atoms with Crippen LogP contribution in [0, 0.1) is 6.92 Å². The molecule has 2 rings (SSSR count). The van der Waals surface area contributed by atoms with Crippen molar-refractivity contribution in [3.8, 4) is 0 Å². The van der Waals surface area contributed by atoms with E-state index in [1.54, 1.807) is 17.5 Å². The Morgan fingerprint density at radius 2 is 2.29 bits per heavy atom. The molecule has 2 aromatic heterocycles. The van der Waals surface area contributed by atoms with Crippen molar-refractivity contribution in [1.82, 2.24) is 9.97 Å². The lowest BCUT2D eigenvalue weighted by molar-refractivity contribution is 1.03. The molecule has 2 heterocycles. The molecule has 14 heavy (non-hydrogen) atoms. The van der Waals surface area contributed by atoms with Crippen LogP contribution in [0.15, 0.2) is 23.8 Å². The summed E-state index contributed by atoms with van der Waals surface area (Å²) < 4.78 is 0. The van der Waals surface area contributed by atoms with Gasteiger partial charge in [0.2, 0.25) is 0 Å². The molecule has 3 nitrogen and oxygen atoms in total. The van der Waals surface area contributed by atoms with Crippen LogP contribution in [0.25, 0.3) is 0 Å². The average Bonchev–Trinajstić information content (AvgIpc) is 2.62. The molecule has 0 unspecified atom stereocenters. The van der Waals surface area contributed by atoms with Crippen molar-refractivity contribution >= 4 is 17.0 Å². The lowest BCUT2D eigenvalue weighted by Crippen LogP contribution is -1.97. The van der Waals surface area contributed by atoms with Gasteiger partial charge in [0.05, 0.1) is 22.6 Å². The van der Waals surface area contributed by atoms with E-state index >= 15 is 0 Å². The Kier molecular flexibility index (Phi) is 2.45. The highest BCUT2D eigenvalue weighted by atomic mass is 32.1. The van der Waals surface area contributed by atoms with Crippen molar-refractivity contribution in [3.63, 3.8) is 0 Å². The number of nitrogen functional groups attached to an aromatic ring is 1. The highest BCUT2D eigenvalue weighted by Crippen LogP contribution is 2.15. The summed E-state index contributed by atoms with van der Waals surface area (Å²) in [5, 5.41) is 3.06.